The van der Waals surface area contributed by atoms with E-state index >= 15 is 0 Å². The lowest BCUT2D eigenvalue weighted by Gasteiger charge is -2.10. The first-order valence-corrected chi connectivity index (χ1v) is 7.19. The van der Waals surface area contributed by atoms with E-state index in [2.05, 4.69) is 20.1 Å². The molecular formula is C12H13F3N4O2S. The van der Waals surface area contributed by atoms with Gasteiger partial charge in [0.25, 0.3) is 5.56 Å². The van der Waals surface area contributed by atoms with Crippen LogP contribution in [0.5, 0.6) is 0 Å². The van der Waals surface area contributed by atoms with E-state index in [0.29, 0.717) is 11.9 Å². The number of alkyl halides is 3. The number of hydrogen-bond donors (Lipinski definition) is 1. The van der Waals surface area contributed by atoms with Crippen molar-refractivity contribution in [1.29, 1.82) is 0 Å². The molecule has 0 atom stereocenters. The zero-order chi connectivity index (χ0) is 16.5. The van der Waals surface area contributed by atoms with Gasteiger partial charge in [-0.15, -0.1) is 0 Å². The van der Waals surface area contributed by atoms with Crippen LogP contribution in [-0.2, 0) is 17.3 Å². The number of aromatic amines is 1. The Balaban J connectivity index is 2.14. The van der Waals surface area contributed by atoms with Crippen molar-refractivity contribution in [3.8, 4) is 0 Å². The summed E-state index contributed by atoms with van der Waals surface area (Å²) in [5.74, 6) is 0.844. The summed E-state index contributed by atoms with van der Waals surface area (Å²) in [4.78, 5) is 21.0. The molecule has 0 amide bonds. The third-order valence-electron chi connectivity index (χ3n) is 2.48. The average Bonchev–Trinajstić information content (AvgIpc) is 2.83. The summed E-state index contributed by atoms with van der Waals surface area (Å²) < 4.78 is 42.8. The van der Waals surface area contributed by atoms with E-state index in [1.807, 2.05) is 20.8 Å². The molecule has 2 heterocycles. The van der Waals surface area contributed by atoms with Crippen molar-refractivity contribution in [1.82, 2.24) is 20.1 Å². The Hall–Kier alpha value is -1.84. The average molecular weight is 334 g/mol. The minimum atomic E-state index is -4.67. The van der Waals surface area contributed by atoms with Crippen molar-refractivity contribution in [3.63, 3.8) is 0 Å². The van der Waals surface area contributed by atoms with Gasteiger partial charge < -0.3 is 9.51 Å². The summed E-state index contributed by atoms with van der Waals surface area (Å²) in [5, 5.41) is 3.65. The van der Waals surface area contributed by atoms with Crippen LogP contribution in [0.25, 0.3) is 0 Å². The van der Waals surface area contributed by atoms with Crippen molar-refractivity contribution in [2.75, 3.05) is 0 Å². The van der Waals surface area contributed by atoms with Crippen LogP contribution < -0.4 is 5.56 Å². The molecule has 0 aromatic carbocycles. The van der Waals surface area contributed by atoms with Crippen LogP contribution in [0, 0.1) is 0 Å². The third-order valence-corrected chi connectivity index (χ3v) is 3.34. The monoisotopic (exact) mass is 334 g/mol. The Morgan fingerprint density at radius 2 is 1.95 bits per heavy atom. The van der Waals surface area contributed by atoms with Gasteiger partial charge in [-0.05, 0) is 0 Å². The maximum atomic E-state index is 12.6. The lowest BCUT2D eigenvalue weighted by Crippen LogP contribution is -2.16. The van der Waals surface area contributed by atoms with Crippen molar-refractivity contribution in [2.45, 2.75) is 43.3 Å². The molecule has 2 aromatic rings. The molecule has 0 saturated heterocycles. The molecule has 10 heteroatoms. The second kappa shape index (κ2) is 5.75. The first kappa shape index (κ1) is 16.5. The highest BCUT2D eigenvalue weighted by Crippen LogP contribution is 2.28. The van der Waals surface area contributed by atoms with Gasteiger partial charge in [-0.2, -0.15) is 18.2 Å². The molecule has 1 N–H and O–H groups in total. The summed E-state index contributed by atoms with van der Waals surface area (Å²) in [6.07, 6.45) is -4.67. The fourth-order valence-electron chi connectivity index (χ4n) is 1.40. The van der Waals surface area contributed by atoms with E-state index in [9.17, 15) is 18.0 Å². The number of halogens is 3. The fraction of sp³-hybridized carbons (Fsp3) is 0.500. The smallest absolute Gasteiger partial charge is 0.338 e. The first-order valence-electron chi connectivity index (χ1n) is 6.20. The number of aromatic nitrogens is 4. The molecule has 0 unspecified atom stereocenters. The van der Waals surface area contributed by atoms with Gasteiger partial charge in [0.15, 0.2) is 16.7 Å². The highest BCUT2D eigenvalue weighted by molar-refractivity contribution is 7.98. The van der Waals surface area contributed by atoms with E-state index in [1.54, 1.807) is 0 Å². The first-order chi connectivity index (χ1) is 10.1. The number of nitrogens with one attached hydrogen (secondary N) is 1. The van der Waals surface area contributed by atoms with Crippen molar-refractivity contribution in [2.24, 2.45) is 0 Å². The van der Waals surface area contributed by atoms with Crippen LogP contribution in [0.2, 0.25) is 0 Å². The highest BCUT2D eigenvalue weighted by atomic mass is 32.2. The topological polar surface area (TPSA) is 84.7 Å². The third kappa shape index (κ3) is 4.09. The molecule has 0 saturated carbocycles. The summed E-state index contributed by atoms with van der Waals surface area (Å²) in [6, 6.07) is 0.411. The normalized spacial score (nSPS) is 12.6. The van der Waals surface area contributed by atoms with Gasteiger partial charge in [0.1, 0.15) is 0 Å². The van der Waals surface area contributed by atoms with Crippen LogP contribution in [0.15, 0.2) is 20.5 Å². The number of nitrogens with zero attached hydrogens (tertiary/aromatic N) is 3. The molecule has 0 spiro atoms. The largest absolute Gasteiger partial charge is 0.433 e. The second-order valence-electron chi connectivity index (χ2n) is 5.48. The highest BCUT2D eigenvalue weighted by Gasteiger charge is 2.33. The van der Waals surface area contributed by atoms with Gasteiger partial charge in [-0.25, -0.2) is 4.98 Å². The Morgan fingerprint density at radius 1 is 1.27 bits per heavy atom. The molecule has 22 heavy (non-hydrogen) atoms. The minimum absolute atomic E-state index is 0.104. The maximum absolute atomic E-state index is 12.6. The van der Waals surface area contributed by atoms with Crippen LogP contribution in [-0.4, -0.2) is 20.1 Å². The summed E-state index contributed by atoms with van der Waals surface area (Å²) >= 11 is 0.879. The molecule has 2 rings (SSSR count). The van der Waals surface area contributed by atoms with Crippen LogP contribution >= 0.6 is 11.8 Å². The molecule has 6 nitrogen and oxygen atoms in total. The van der Waals surface area contributed by atoms with Gasteiger partial charge in [0.05, 0.1) is 5.75 Å². The Morgan fingerprint density at radius 3 is 2.50 bits per heavy atom. The lowest BCUT2D eigenvalue weighted by molar-refractivity contribution is -0.141. The summed E-state index contributed by atoms with van der Waals surface area (Å²) in [7, 11) is 0. The lowest BCUT2D eigenvalue weighted by atomic mass is 9.96. The van der Waals surface area contributed by atoms with Crippen LogP contribution in [0.1, 0.15) is 38.2 Å². The van der Waals surface area contributed by atoms with Gasteiger partial charge in [0, 0.05) is 11.5 Å². The number of hydrogen-bond acceptors (Lipinski definition) is 6. The SMILES string of the molecule is CC(C)(C)c1noc(CSc2nc(C(F)(F)F)cc(=O)[nH]2)n1. The van der Waals surface area contributed by atoms with E-state index in [4.69, 9.17) is 4.52 Å². The molecule has 0 aliphatic heterocycles. The van der Waals surface area contributed by atoms with Crippen molar-refractivity contribution < 1.29 is 17.7 Å². The Kier molecular flexibility index (Phi) is 4.32. The van der Waals surface area contributed by atoms with E-state index in [-0.39, 0.29) is 22.2 Å². The molecule has 0 aliphatic rings. The molecule has 2 aromatic heterocycles. The minimum Gasteiger partial charge on any atom is -0.338 e. The van der Waals surface area contributed by atoms with Crippen molar-refractivity contribution in [3.05, 3.63) is 33.8 Å². The molecular weight excluding hydrogens is 321 g/mol. The predicted octanol–water partition coefficient (Wildman–Crippen LogP) is 2.76. The van der Waals surface area contributed by atoms with E-state index in [0.717, 1.165) is 11.8 Å². The predicted molar refractivity (Wildman–Crippen MR) is 72.4 cm³/mol. The number of rotatable bonds is 3. The summed E-state index contributed by atoms with van der Waals surface area (Å²) in [6.45, 7) is 5.71. The fourth-order valence-corrected chi connectivity index (χ4v) is 2.11. The van der Waals surface area contributed by atoms with E-state index < -0.39 is 17.4 Å². The number of H-pyrrole nitrogens is 1. The summed E-state index contributed by atoms with van der Waals surface area (Å²) in [5.41, 5.74) is -2.40. The number of thioether (sulfide) groups is 1. The standard InChI is InChI=1S/C12H13F3N4O2S/c1-11(2,3)9-18-8(21-19-9)5-22-10-16-6(12(13,14)15)4-7(20)17-10/h4H,5H2,1-3H3,(H,16,17,20). The molecule has 0 radical (unpaired) electrons. The van der Waals surface area contributed by atoms with Crippen molar-refractivity contribution >= 4 is 11.8 Å². The van der Waals surface area contributed by atoms with Crippen LogP contribution in [0.4, 0.5) is 13.2 Å². The molecule has 0 fully saturated rings. The van der Waals surface area contributed by atoms with Gasteiger partial charge >= 0.3 is 6.18 Å². The van der Waals surface area contributed by atoms with Crippen LogP contribution in [0.3, 0.4) is 0 Å². The zero-order valence-corrected chi connectivity index (χ0v) is 12.8. The van der Waals surface area contributed by atoms with Gasteiger partial charge in [-0.3, -0.25) is 4.79 Å². The Bertz CT molecular complexity index is 718. The molecule has 0 aliphatic carbocycles. The second-order valence-corrected chi connectivity index (χ2v) is 6.45. The molecule has 120 valence electrons. The Labute approximate surface area is 127 Å². The zero-order valence-electron chi connectivity index (χ0n) is 12.0. The molecule has 0 bridgehead atoms. The van der Waals surface area contributed by atoms with Gasteiger partial charge in [-0.1, -0.05) is 37.7 Å². The quantitative estimate of drug-likeness (QED) is 0.686. The maximum Gasteiger partial charge on any atom is 0.433 e. The van der Waals surface area contributed by atoms with E-state index in [1.165, 1.54) is 0 Å². The van der Waals surface area contributed by atoms with Gasteiger partial charge in [0.2, 0.25) is 5.89 Å².